The minimum absolute atomic E-state index is 0.202. The van der Waals surface area contributed by atoms with E-state index in [0.717, 1.165) is 30.8 Å². The second-order valence-electron chi connectivity index (χ2n) is 5.50. The van der Waals surface area contributed by atoms with Crippen LogP contribution in [0.3, 0.4) is 0 Å². The van der Waals surface area contributed by atoms with Gasteiger partial charge in [-0.2, -0.15) is 0 Å². The second-order valence-corrected chi connectivity index (χ2v) is 5.50. The lowest BCUT2D eigenvalue weighted by Gasteiger charge is -2.24. The third-order valence-electron chi connectivity index (χ3n) is 3.84. The summed E-state index contributed by atoms with van der Waals surface area (Å²) in [5.41, 5.74) is 2.25. The molecule has 1 aliphatic rings. The van der Waals surface area contributed by atoms with Gasteiger partial charge in [-0.3, -0.25) is 4.98 Å². The minimum Gasteiger partial charge on any atom is -0.395 e. The van der Waals surface area contributed by atoms with E-state index in [1.165, 1.54) is 12.8 Å². The minimum atomic E-state index is 0.202. The molecule has 2 rings (SSSR count). The molecular weight excluding hydrogens is 250 g/mol. The van der Waals surface area contributed by atoms with Gasteiger partial charge in [0, 0.05) is 18.6 Å². The molecule has 1 aliphatic carbocycles. The van der Waals surface area contributed by atoms with Crippen LogP contribution in [0.2, 0.25) is 0 Å². The van der Waals surface area contributed by atoms with E-state index < -0.39 is 0 Å². The highest BCUT2D eigenvalue weighted by Gasteiger charge is 2.29. The quantitative estimate of drug-likeness (QED) is 0.728. The smallest absolute Gasteiger partial charge is 0.0606 e. The van der Waals surface area contributed by atoms with Gasteiger partial charge < -0.3 is 15.3 Å². The van der Waals surface area contributed by atoms with Gasteiger partial charge >= 0.3 is 0 Å². The van der Waals surface area contributed by atoms with Crippen molar-refractivity contribution in [1.82, 2.24) is 10.3 Å². The molecule has 1 fully saturated rings. The molecule has 2 N–H and O–H groups in total. The van der Waals surface area contributed by atoms with Gasteiger partial charge in [-0.15, -0.1) is 0 Å². The van der Waals surface area contributed by atoms with E-state index in [2.05, 4.69) is 41.2 Å². The van der Waals surface area contributed by atoms with Crippen LogP contribution in [0.1, 0.15) is 51.3 Å². The maximum atomic E-state index is 9.18. The first-order valence-electron chi connectivity index (χ1n) is 7.87. The summed E-state index contributed by atoms with van der Waals surface area (Å²) in [6, 6.07) is 5.22. The normalized spacial score (nSPS) is 16.1. The first-order chi connectivity index (χ1) is 9.80. The molecule has 1 aromatic rings. The first-order valence-corrected chi connectivity index (χ1v) is 7.87. The monoisotopic (exact) mass is 277 g/mol. The zero-order valence-electron chi connectivity index (χ0n) is 12.7. The van der Waals surface area contributed by atoms with E-state index in [1.807, 2.05) is 6.20 Å². The van der Waals surface area contributed by atoms with Crippen LogP contribution in [0.15, 0.2) is 18.3 Å². The van der Waals surface area contributed by atoms with Crippen molar-refractivity contribution >= 4 is 5.69 Å². The van der Waals surface area contributed by atoms with Crippen LogP contribution in [0, 0.1) is 0 Å². The Morgan fingerprint density at radius 3 is 2.70 bits per heavy atom. The molecule has 0 aliphatic heterocycles. The fourth-order valence-corrected chi connectivity index (χ4v) is 2.57. The third kappa shape index (κ3) is 3.93. The molecule has 0 amide bonds. The Kier molecular flexibility index (Phi) is 5.80. The lowest BCUT2D eigenvalue weighted by molar-refractivity contribution is 0.301. The van der Waals surface area contributed by atoms with Crippen molar-refractivity contribution in [2.45, 2.75) is 51.6 Å². The highest BCUT2D eigenvalue weighted by Crippen LogP contribution is 2.31. The Balaban J connectivity index is 2.03. The number of aliphatic hydroxyl groups excluding tert-OH is 1. The molecule has 0 radical (unpaired) electrons. The number of hydrogen-bond acceptors (Lipinski definition) is 4. The van der Waals surface area contributed by atoms with Crippen LogP contribution in [-0.2, 0) is 0 Å². The SMILES string of the molecule is CCCNC(CC)c1ccc(N(CCO)C2CC2)cn1. The standard InChI is InChI=1S/C16H27N3O/c1-3-9-17-15(4-2)16-8-7-14(12-18-16)19(10-11-20)13-5-6-13/h7-8,12-13,15,17,20H,3-6,9-11H2,1-2H3. The average Bonchev–Trinajstić information content (AvgIpc) is 3.31. The topological polar surface area (TPSA) is 48.4 Å². The van der Waals surface area contributed by atoms with E-state index in [-0.39, 0.29) is 6.61 Å². The molecule has 1 saturated carbocycles. The maximum Gasteiger partial charge on any atom is 0.0606 e. The lowest BCUT2D eigenvalue weighted by Crippen LogP contribution is -2.29. The Hall–Kier alpha value is -1.13. The Morgan fingerprint density at radius 2 is 2.20 bits per heavy atom. The Morgan fingerprint density at radius 1 is 1.40 bits per heavy atom. The molecule has 0 saturated heterocycles. The van der Waals surface area contributed by atoms with Crippen molar-refractivity contribution in [2.24, 2.45) is 0 Å². The number of hydrogen-bond donors (Lipinski definition) is 2. The number of anilines is 1. The molecule has 0 spiro atoms. The summed E-state index contributed by atoms with van der Waals surface area (Å²) >= 11 is 0. The molecule has 1 atom stereocenters. The number of rotatable bonds is 9. The first kappa shape index (κ1) is 15.3. The van der Waals surface area contributed by atoms with Crippen LogP contribution < -0.4 is 10.2 Å². The van der Waals surface area contributed by atoms with Crippen molar-refractivity contribution in [3.05, 3.63) is 24.0 Å². The molecule has 112 valence electrons. The van der Waals surface area contributed by atoms with Crippen molar-refractivity contribution in [1.29, 1.82) is 0 Å². The van der Waals surface area contributed by atoms with Crippen molar-refractivity contribution < 1.29 is 5.11 Å². The van der Waals surface area contributed by atoms with Gasteiger partial charge in [0.2, 0.25) is 0 Å². The summed E-state index contributed by atoms with van der Waals surface area (Å²) in [5.74, 6) is 0. The summed E-state index contributed by atoms with van der Waals surface area (Å²) in [6.45, 7) is 6.30. The van der Waals surface area contributed by atoms with Gasteiger partial charge in [0.25, 0.3) is 0 Å². The van der Waals surface area contributed by atoms with Crippen molar-refractivity contribution in [3.8, 4) is 0 Å². The second kappa shape index (κ2) is 7.60. The fourth-order valence-electron chi connectivity index (χ4n) is 2.57. The van der Waals surface area contributed by atoms with Gasteiger partial charge in [0.1, 0.15) is 0 Å². The summed E-state index contributed by atoms with van der Waals surface area (Å²) in [4.78, 5) is 6.91. The van der Waals surface area contributed by atoms with E-state index >= 15 is 0 Å². The summed E-state index contributed by atoms with van der Waals surface area (Å²) in [5, 5.41) is 12.7. The van der Waals surface area contributed by atoms with E-state index in [0.29, 0.717) is 18.6 Å². The molecule has 20 heavy (non-hydrogen) atoms. The predicted molar refractivity (Wildman–Crippen MR) is 83.0 cm³/mol. The van der Waals surface area contributed by atoms with E-state index in [1.54, 1.807) is 0 Å². The highest BCUT2D eigenvalue weighted by atomic mass is 16.3. The number of aromatic nitrogens is 1. The molecule has 1 unspecified atom stereocenters. The number of nitrogens with zero attached hydrogens (tertiary/aromatic N) is 2. The molecule has 1 aromatic heterocycles. The van der Waals surface area contributed by atoms with Gasteiger partial charge in [-0.1, -0.05) is 13.8 Å². The fraction of sp³-hybridized carbons (Fsp3) is 0.688. The zero-order valence-corrected chi connectivity index (χ0v) is 12.7. The van der Waals surface area contributed by atoms with E-state index in [9.17, 15) is 5.11 Å². The average molecular weight is 277 g/mol. The van der Waals surface area contributed by atoms with Gasteiger partial charge in [0.05, 0.1) is 24.2 Å². The van der Waals surface area contributed by atoms with Gasteiger partial charge in [-0.25, -0.2) is 0 Å². The highest BCUT2D eigenvalue weighted by molar-refractivity contribution is 5.47. The number of nitrogens with one attached hydrogen (secondary N) is 1. The van der Waals surface area contributed by atoms with Crippen molar-refractivity contribution in [3.63, 3.8) is 0 Å². The predicted octanol–water partition coefficient (Wildman–Crippen LogP) is 2.49. The molecule has 0 aromatic carbocycles. The van der Waals surface area contributed by atoms with E-state index in [4.69, 9.17) is 0 Å². The maximum absolute atomic E-state index is 9.18. The number of pyridine rings is 1. The third-order valence-corrected chi connectivity index (χ3v) is 3.84. The summed E-state index contributed by atoms with van der Waals surface area (Å²) in [6.07, 6.45) is 6.62. The van der Waals surface area contributed by atoms with Crippen LogP contribution in [0.25, 0.3) is 0 Å². The molecule has 4 heteroatoms. The van der Waals surface area contributed by atoms with Crippen LogP contribution in [0.5, 0.6) is 0 Å². The summed E-state index contributed by atoms with van der Waals surface area (Å²) in [7, 11) is 0. The van der Waals surface area contributed by atoms with Gasteiger partial charge in [0.15, 0.2) is 0 Å². The largest absolute Gasteiger partial charge is 0.395 e. The zero-order chi connectivity index (χ0) is 14.4. The van der Waals surface area contributed by atoms with Crippen LogP contribution >= 0.6 is 0 Å². The Bertz CT molecular complexity index is 389. The van der Waals surface area contributed by atoms with Crippen LogP contribution in [0.4, 0.5) is 5.69 Å². The molecular formula is C16H27N3O. The molecule has 0 bridgehead atoms. The Labute approximate surface area is 122 Å². The van der Waals surface area contributed by atoms with Crippen molar-refractivity contribution in [2.75, 3.05) is 24.6 Å². The number of aliphatic hydroxyl groups is 1. The van der Waals surface area contributed by atoms with Crippen LogP contribution in [-0.4, -0.2) is 35.8 Å². The lowest BCUT2D eigenvalue weighted by atomic mass is 10.1. The molecule has 4 nitrogen and oxygen atoms in total. The molecule has 1 heterocycles. The summed E-state index contributed by atoms with van der Waals surface area (Å²) < 4.78 is 0. The van der Waals surface area contributed by atoms with Gasteiger partial charge in [-0.05, 0) is 44.4 Å².